The predicted octanol–water partition coefficient (Wildman–Crippen LogP) is 5.38. The fourth-order valence-electron chi connectivity index (χ4n) is 3.59. The molecule has 0 atom stereocenters. The van der Waals surface area contributed by atoms with Gasteiger partial charge in [-0.2, -0.15) is 0 Å². The molecule has 0 radical (unpaired) electrons. The molecule has 0 unspecified atom stereocenters. The van der Waals surface area contributed by atoms with E-state index in [1.54, 1.807) is 18.3 Å². The summed E-state index contributed by atoms with van der Waals surface area (Å²) >= 11 is 0. The third-order valence-corrected chi connectivity index (χ3v) is 5.32. The van der Waals surface area contributed by atoms with Crippen LogP contribution in [0.25, 0.3) is 11.2 Å². The molecule has 0 aliphatic carbocycles. The quantitative estimate of drug-likeness (QED) is 0.454. The summed E-state index contributed by atoms with van der Waals surface area (Å²) in [5.41, 5.74) is 5.19. The van der Waals surface area contributed by atoms with Gasteiger partial charge in [0.15, 0.2) is 5.65 Å². The first-order chi connectivity index (χ1) is 14.7. The molecule has 0 saturated heterocycles. The summed E-state index contributed by atoms with van der Waals surface area (Å²) in [5.74, 6) is 0.896. The van der Waals surface area contributed by atoms with Crippen LogP contribution in [-0.2, 0) is 13.0 Å². The average molecular weight is 399 g/mol. The minimum absolute atomic E-state index is 0.144. The van der Waals surface area contributed by atoms with Gasteiger partial charge in [0.05, 0.1) is 18.4 Å². The molecule has 1 amide bonds. The van der Waals surface area contributed by atoms with Crippen molar-refractivity contribution in [3.8, 4) is 0 Å². The predicted molar refractivity (Wildman–Crippen MR) is 121 cm³/mol. The molecular weight excluding hydrogens is 372 g/mol. The number of imidazole rings is 1. The van der Waals surface area contributed by atoms with E-state index in [0.29, 0.717) is 11.3 Å². The number of aryl methyl sites for hydroxylation is 2. The molecule has 0 saturated carbocycles. The Hall–Kier alpha value is -3.47. The molecule has 0 spiro atoms. The van der Waals surface area contributed by atoms with E-state index in [9.17, 15) is 4.79 Å². The molecule has 0 fully saturated rings. The fraction of sp³-hybridized carbons (Fsp3) is 0.240. The number of unbranched alkanes of at least 4 members (excludes halogenated alkanes) is 1. The average Bonchev–Trinajstić information content (AvgIpc) is 3.13. The van der Waals surface area contributed by atoms with Crippen molar-refractivity contribution in [1.82, 2.24) is 14.5 Å². The van der Waals surface area contributed by atoms with Crippen LogP contribution < -0.4 is 5.32 Å². The molecule has 4 rings (SSSR count). The maximum absolute atomic E-state index is 12.6. The Morgan fingerprint density at radius 1 is 1.03 bits per heavy atom. The highest BCUT2D eigenvalue weighted by Crippen LogP contribution is 2.26. The van der Waals surface area contributed by atoms with Gasteiger partial charge >= 0.3 is 0 Å². The first-order valence-electron chi connectivity index (χ1n) is 10.4. The van der Waals surface area contributed by atoms with E-state index in [2.05, 4.69) is 41.1 Å². The van der Waals surface area contributed by atoms with Crippen molar-refractivity contribution in [1.29, 1.82) is 0 Å². The van der Waals surface area contributed by atoms with Crippen LogP contribution in [0.3, 0.4) is 0 Å². The van der Waals surface area contributed by atoms with Gasteiger partial charge in [-0.15, -0.1) is 0 Å². The summed E-state index contributed by atoms with van der Waals surface area (Å²) in [4.78, 5) is 22.2. The lowest BCUT2D eigenvalue weighted by Gasteiger charge is -2.10. The zero-order valence-electron chi connectivity index (χ0n) is 17.4. The maximum atomic E-state index is 12.6. The van der Waals surface area contributed by atoms with Gasteiger partial charge in [-0.05, 0) is 31.0 Å². The number of anilines is 1. The number of benzene rings is 2. The van der Waals surface area contributed by atoms with Gasteiger partial charge < -0.3 is 9.88 Å². The Kier molecular flexibility index (Phi) is 5.89. The molecular formula is C25H26N4O. The topological polar surface area (TPSA) is 59.8 Å². The van der Waals surface area contributed by atoms with Crippen LogP contribution in [0.4, 0.5) is 5.69 Å². The van der Waals surface area contributed by atoms with Gasteiger partial charge in [-0.3, -0.25) is 4.79 Å². The van der Waals surface area contributed by atoms with Crippen molar-refractivity contribution >= 4 is 22.8 Å². The Labute approximate surface area is 176 Å². The minimum Gasteiger partial charge on any atom is -0.320 e. The first-order valence-corrected chi connectivity index (χ1v) is 10.4. The standard InChI is InChI=1S/C25H26N4O/c1-3-4-15-22-28-23-18(2)21(27-25(30)20-13-9-6-10-14-20)16-26-24(23)29(22)17-19-11-7-5-8-12-19/h5-14,16H,3-4,15,17H2,1-2H3,(H,27,30). The highest BCUT2D eigenvalue weighted by Gasteiger charge is 2.17. The van der Waals surface area contributed by atoms with Gasteiger partial charge in [0.25, 0.3) is 5.91 Å². The Morgan fingerprint density at radius 2 is 1.73 bits per heavy atom. The zero-order chi connectivity index (χ0) is 20.9. The fourth-order valence-corrected chi connectivity index (χ4v) is 3.59. The number of aromatic nitrogens is 3. The second-order valence-corrected chi connectivity index (χ2v) is 7.49. The van der Waals surface area contributed by atoms with E-state index in [0.717, 1.165) is 48.4 Å². The van der Waals surface area contributed by atoms with Crippen LogP contribution in [0.15, 0.2) is 66.9 Å². The second kappa shape index (κ2) is 8.91. The van der Waals surface area contributed by atoms with Crippen LogP contribution in [0.1, 0.15) is 47.1 Å². The van der Waals surface area contributed by atoms with Crippen LogP contribution in [-0.4, -0.2) is 20.4 Å². The van der Waals surface area contributed by atoms with Gasteiger partial charge in [0, 0.05) is 17.5 Å². The van der Waals surface area contributed by atoms with Gasteiger partial charge in [-0.1, -0.05) is 61.9 Å². The van der Waals surface area contributed by atoms with Gasteiger partial charge in [0.1, 0.15) is 11.3 Å². The van der Waals surface area contributed by atoms with Crippen molar-refractivity contribution in [3.05, 3.63) is 89.4 Å². The van der Waals surface area contributed by atoms with Crippen molar-refractivity contribution < 1.29 is 4.79 Å². The molecule has 2 heterocycles. The summed E-state index contributed by atoms with van der Waals surface area (Å²) in [6.07, 6.45) is 4.84. The molecule has 1 N–H and O–H groups in total. The van der Waals surface area contributed by atoms with Crippen molar-refractivity contribution in [2.24, 2.45) is 0 Å². The normalized spacial score (nSPS) is 11.0. The number of carbonyl (C=O) groups is 1. The largest absolute Gasteiger partial charge is 0.320 e. The number of nitrogens with one attached hydrogen (secondary N) is 1. The maximum Gasteiger partial charge on any atom is 0.255 e. The Bertz CT molecular complexity index is 1150. The molecule has 0 aliphatic heterocycles. The lowest BCUT2D eigenvalue weighted by Crippen LogP contribution is -2.13. The molecule has 30 heavy (non-hydrogen) atoms. The number of rotatable bonds is 7. The number of fused-ring (bicyclic) bond motifs is 1. The number of pyridine rings is 1. The van der Waals surface area contributed by atoms with Crippen LogP contribution >= 0.6 is 0 Å². The van der Waals surface area contributed by atoms with E-state index < -0.39 is 0 Å². The summed E-state index contributed by atoms with van der Waals surface area (Å²) in [6, 6.07) is 19.6. The third kappa shape index (κ3) is 4.10. The summed E-state index contributed by atoms with van der Waals surface area (Å²) < 4.78 is 2.20. The lowest BCUT2D eigenvalue weighted by molar-refractivity contribution is 0.102. The van der Waals surface area contributed by atoms with E-state index >= 15 is 0 Å². The second-order valence-electron chi connectivity index (χ2n) is 7.49. The molecule has 5 heteroatoms. The molecule has 5 nitrogen and oxygen atoms in total. The van der Waals surface area contributed by atoms with E-state index in [4.69, 9.17) is 9.97 Å². The number of nitrogens with zero attached hydrogens (tertiary/aromatic N) is 3. The zero-order valence-corrected chi connectivity index (χ0v) is 17.4. The van der Waals surface area contributed by atoms with E-state index in [1.807, 2.05) is 31.2 Å². The summed E-state index contributed by atoms with van der Waals surface area (Å²) in [5, 5.41) is 2.99. The number of hydrogen-bond donors (Lipinski definition) is 1. The molecule has 2 aromatic heterocycles. The van der Waals surface area contributed by atoms with E-state index in [-0.39, 0.29) is 5.91 Å². The van der Waals surface area contributed by atoms with Crippen molar-refractivity contribution in [3.63, 3.8) is 0 Å². The molecule has 0 aliphatic rings. The SMILES string of the molecule is CCCCc1nc2c(C)c(NC(=O)c3ccccc3)cnc2n1Cc1ccccc1. The lowest BCUT2D eigenvalue weighted by atomic mass is 10.2. The smallest absolute Gasteiger partial charge is 0.255 e. The van der Waals surface area contributed by atoms with Crippen LogP contribution in [0.5, 0.6) is 0 Å². The summed E-state index contributed by atoms with van der Waals surface area (Å²) in [7, 11) is 0. The first kappa shape index (κ1) is 19.8. The van der Waals surface area contributed by atoms with Crippen LogP contribution in [0.2, 0.25) is 0 Å². The third-order valence-electron chi connectivity index (χ3n) is 5.32. The van der Waals surface area contributed by atoms with Gasteiger partial charge in [0.2, 0.25) is 0 Å². The van der Waals surface area contributed by atoms with Crippen molar-refractivity contribution in [2.75, 3.05) is 5.32 Å². The highest BCUT2D eigenvalue weighted by atomic mass is 16.1. The number of carbonyl (C=O) groups excluding carboxylic acids is 1. The molecule has 4 aromatic rings. The van der Waals surface area contributed by atoms with E-state index in [1.165, 1.54) is 5.56 Å². The monoisotopic (exact) mass is 398 g/mol. The Balaban J connectivity index is 1.71. The van der Waals surface area contributed by atoms with Gasteiger partial charge in [-0.25, -0.2) is 9.97 Å². The molecule has 2 aromatic carbocycles. The number of amides is 1. The molecule has 152 valence electrons. The highest BCUT2D eigenvalue weighted by molar-refractivity contribution is 6.05. The number of hydrogen-bond acceptors (Lipinski definition) is 3. The summed E-state index contributed by atoms with van der Waals surface area (Å²) in [6.45, 7) is 4.91. The minimum atomic E-state index is -0.144. The Morgan fingerprint density at radius 3 is 2.43 bits per heavy atom. The van der Waals surface area contributed by atoms with Crippen LogP contribution in [0, 0.1) is 6.92 Å². The molecule has 0 bridgehead atoms. The van der Waals surface area contributed by atoms with Crippen molar-refractivity contribution in [2.45, 2.75) is 39.7 Å².